The highest BCUT2D eigenvalue weighted by Crippen LogP contribution is 2.24. The zero-order valence-corrected chi connectivity index (χ0v) is 13.5. The average molecular weight is 292 g/mol. The number of rotatable bonds is 9. The molecule has 0 aliphatic rings. The van der Waals surface area contributed by atoms with Crippen molar-refractivity contribution in [2.75, 3.05) is 26.7 Å². The molecule has 1 aromatic rings. The van der Waals surface area contributed by atoms with Crippen molar-refractivity contribution in [2.45, 2.75) is 38.6 Å². The van der Waals surface area contributed by atoms with Gasteiger partial charge < -0.3 is 15.4 Å². The molecule has 4 heteroatoms. The molecule has 118 valence electrons. The van der Waals surface area contributed by atoms with Gasteiger partial charge in [0.1, 0.15) is 5.54 Å². The molecule has 4 nitrogen and oxygen atoms in total. The summed E-state index contributed by atoms with van der Waals surface area (Å²) in [7, 11) is 1.39. The number of benzene rings is 1. The molecule has 1 unspecified atom stereocenters. The molecule has 0 aliphatic heterocycles. The van der Waals surface area contributed by atoms with E-state index in [2.05, 4.69) is 18.7 Å². The summed E-state index contributed by atoms with van der Waals surface area (Å²) in [5.41, 5.74) is 6.15. The van der Waals surface area contributed by atoms with Crippen molar-refractivity contribution in [2.24, 2.45) is 5.73 Å². The van der Waals surface area contributed by atoms with Crippen LogP contribution >= 0.6 is 0 Å². The van der Waals surface area contributed by atoms with Gasteiger partial charge in [0, 0.05) is 6.54 Å². The van der Waals surface area contributed by atoms with Crippen molar-refractivity contribution < 1.29 is 9.53 Å². The fraction of sp³-hybridized carbons (Fsp3) is 0.588. The maximum absolute atomic E-state index is 12.2. The minimum absolute atomic E-state index is 0.373. The van der Waals surface area contributed by atoms with Crippen LogP contribution in [0.25, 0.3) is 0 Å². The van der Waals surface area contributed by atoms with Crippen LogP contribution in [0.1, 0.15) is 38.7 Å². The molecule has 0 bridgehead atoms. The number of nitrogens with two attached hydrogens (primary N) is 1. The second-order valence-corrected chi connectivity index (χ2v) is 5.42. The van der Waals surface area contributed by atoms with Crippen LogP contribution in [-0.4, -0.2) is 37.6 Å². The van der Waals surface area contributed by atoms with Crippen molar-refractivity contribution in [1.82, 2.24) is 4.90 Å². The van der Waals surface area contributed by atoms with E-state index in [0.29, 0.717) is 6.42 Å². The summed E-state index contributed by atoms with van der Waals surface area (Å²) in [6.45, 7) is 7.17. The summed E-state index contributed by atoms with van der Waals surface area (Å²) < 4.78 is 4.94. The van der Waals surface area contributed by atoms with Gasteiger partial charge in [0.2, 0.25) is 0 Å². The fourth-order valence-corrected chi connectivity index (χ4v) is 2.58. The molecule has 0 aliphatic carbocycles. The fourth-order valence-electron chi connectivity index (χ4n) is 2.58. The first-order chi connectivity index (χ1) is 10.1. The Morgan fingerprint density at radius 1 is 1.14 bits per heavy atom. The van der Waals surface area contributed by atoms with Gasteiger partial charge >= 0.3 is 5.97 Å². The molecule has 1 rings (SSSR count). The summed E-state index contributed by atoms with van der Waals surface area (Å²) in [5.74, 6) is -0.373. The van der Waals surface area contributed by atoms with Crippen LogP contribution in [0, 0.1) is 0 Å². The van der Waals surface area contributed by atoms with E-state index in [1.54, 1.807) is 0 Å². The molecule has 0 aromatic heterocycles. The highest BCUT2D eigenvalue weighted by atomic mass is 16.5. The quantitative estimate of drug-likeness (QED) is 0.711. The first-order valence-corrected chi connectivity index (χ1v) is 7.73. The monoisotopic (exact) mass is 292 g/mol. The highest BCUT2D eigenvalue weighted by Gasteiger charge is 2.37. The zero-order valence-electron chi connectivity index (χ0n) is 13.5. The van der Waals surface area contributed by atoms with Crippen molar-refractivity contribution in [3.8, 4) is 0 Å². The van der Waals surface area contributed by atoms with Crippen LogP contribution in [0.3, 0.4) is 0 Å². The highest BCUT2D eigenvalue weighted by molar-refractivity contribution is 5.82. The first kappa shape index (κ1) is 17.7. The topological polar surface area (TPSA) is 55.6 Å². The lowest BCUT2D eigenvalue weighted by Gasteiger charge is -2.30. The third kappa shape index (κ3) is 4.83. The molecule has 1 aromatic carbocycles. The zero-order chi connectivity index (χ0) is 15.7. The molecule has 0 heterocycles. The Hall–Kier alpha value is -1.39. The number of esters is 1. The lowest BCUT2D eigenvalue weighted by atomic mass is 9.87. The maximum Gasteiger partial charge on any atom is 0.330 e. The summed E-state index contributed by atoms with van der Waals surface area (Å²) in [6, 6.07) is 9.49. The second-order valence-electron chi connectivity index (χ2n) is 5.42. The smallest absolute Gasteiger partial charge is 0.330 e. The number of carbonyl (C=O) groups excluding carboxylic acids is 1. The van der Waals surface area contributed by atoms with Crippen LogP contribution in [0.5, 0.6) is 0 Å². The van der Waals surface area contributed by atoms with E-state index < -0.39 is 5.54 Å². The molecule has 0 fully saturated rings. The Morgan fingerprint density at radius 3 is 2.19 bits per heavy atom. The Labute approximate surface area is 128 Å². The van der Waals surface area contributed by atoms with Crippen LogP contribution < -0.4 is 5.73 Å². The predicted molar refractivity (Wildman–Crippen MR) is 86.0 cm³/mol. The third-order valence-corrected chi connectivity index (χ3v) is 3.74. The second kappa shape index (κ2) is 8.80. The molecule has 0 saturated carbocycles. The number of carbonyl (C=O) groups is 1. The molecule has 0 spiro atoms. The maximum atomic E-state index is 12.2. The van der Waals surface area contributed by atoms with Crippen LogP contribution in [-0.2, 0) is 15.1 Å². The normalized spacial score (nSPS) is 14.0. The number of nitrogens with zero attached hydrogens (tertiary/aromatic N) is 1. The van der Waals surface area contributed by atoms with Crippen molar-refractivity contribution >= 4 is 5.97 Å². The van der Waals surface area contributed by atoms with Gasteiger partial charge in [0.25, 0.3) is 0 Å². The van der Waals surface area contributed by atoms with Gasteiger partial charge in [0.15, 0.2) is 0 Å². The number of hydrogen-bond acceptors (Lipinski definition) is 4. The summed E-state index contributed by atoms with van der Waals surface area (Å²) in [6.07, 6.45) is 2.76. The van der Waals surface area contributed by atoms with Crippen LogP contribution in [0.15, 0.2) is 30.3 Å². The molecule has 2 N–H and O–H groups in total. The number of methoxy groups -OCH3 is 1. The van der Waals surface area contributed by atoms with Crippen molar-refractivity contribution in [3.63, 3.8) is 0 Å². The van der Waals surface area contributed by atoms with E-state index >= 15 is 0 Å². The largest absolute Gasteiger partial charge is 0.467 e. The Kier molecular flexibility index (Phi) is 7.40. The summed E-state index contributed by atoms with van der Waals surface area (Å²) in [4.78, 5) is 14.6. The van der Waals surface area contributed by atoms with Crippen LogP contribution in [0.2, 0.25) is 0 Å². The van der Waals surface area contributed by atoms with Gasteiger partial charge in [-0.15, -0.1) is 0 Å². The van der Waals surface area contributed by atoms with E-state index in [1.165, 1.54) is 7.11 Å². The summed E-state index contributed by atoms with van der Waals surface area (Å²) >= 11 is 0. The summed E-state index contributed by atoms with van der Waals surface area (Å²) in [5, 5.41) is 0. The van der Waals surface area contributed by atoms with Crippen LogP contribution in [0.4, 0.5) is 0 Å². The van der Waals surface area contributed by atoms with E-state index in [1.807, 2.05) is 30.3 Å². The van der Waals surface area contributed by atoms with E-state index in [4.69, 9.17) is 10.5 Å². The molecule has 0 radical (unpaired) electrons. The van der Waals surface area contributed by atoms with Gasteiger partial charge in [-0.2, -0.15) is 0 Å². The average Bonchev–Trinajstić information content (AvgIpc) is 2.52. The minimum Gasteiger partial charge on any atom is -0.467 e. The van der Waals surface area contributed by atoms with Gasteiger partial charge in [-0.3, -0.25) is 0 Å². The lowest BCUT2D eigenvalue weighted by molar-refractivity contribution is -0.148. The minimum atomic E-state index is -1.07. The molecular formula is C17H28N2O2. The van der Waals surface area contributed by atoms with Gasteiger partial charge in [-0.05, 0) is 37.9 Å². The lowest BCUT2D eigenvalue weighted by Crippen LogP contribution is -2.48. The Bertz CT molecular complexity index is 416. The molecule has 1 atom stereocenters. The third-order valence-electron chi connectivity index (χ3n) is 3.74. The molecule has 21 heavy (non-hydrogen) atoms. The van der Waals surface area contributed by atoms with E-state index in [0.717, 1.165) is 38.0 Å². The SMILES string of the molecule is CCCN(CCC)CCC(N)(C(=O)OC)c1ccccc1. The first-order valence-electron chi connectivity index (χ1n) is 7.73. The Balaban J connectivity index is 2.86. The van der Waals surface area contributed by atoms with Gasteiger partial charge in [0.05, 0.1) is 7.11 Å². The van der Waals surface area contributed by atoms with E-state index in [9.17, 15) is 4.79 Å². The van der Waals surface area contributed by atoms with E-state index in [-0.39, 0.29) is 5.97 Å². The molecular weight excluding hydrogens is 264 g/mol. The van der Waals surface area contributed by atoms with Crippen molar-refractivity contribution in [3.05, 3.63) is 35.9 Å². The molecule has 0 saturated heterocycles. The number of ether oxygens (including phenoxy) is 1. The molecule has 0 amide bonds. The number of hydrogen-bond donors (Lipinski definition) is 1. The Morgan fingerprint density at radius 2 is 1.71 bits per heavy atom. The van der Waals surface area contributed by atoms with Crippen molar-refractivity contribution in [1.29, 1.82) is 0 Å². The van der Waals surface area contributed by atoms with Gasteiger partial charge in [-0.25, -0.2) is 4.79 Å². The standard InChI is InChI=1S/C17H28N2O2/c1-4-12-19(13-5-2)14-11-17(18,16(20)21-3)15-9-7-6-8-10-15/h6-10H,4-5,11-14,18H2,1-3H3. The van der Waals surface area contributed by atoms with Gasteiger partial charge in [-0.1, -0.05) is 44.2 Å². The predicted octanol–water partition coefficient (Wildman–Crippen LogP) is 2.53.